The number of ether oxygens (including phenoxy) is 1. The number of aromatic nitrogens is 1. The van der Waals surface area contributed by atoms with Gasteiger partial charge in [-0.1, -0.05) is 0 Å². The van der Waals surface area contributed by atoms with Crippen LogP contribution in [0.15, 0.2) is 52.9 Å². The Morgan fingerprint density at radius 3 is 2.22 bits per heavy atom. The molecule has 36 heavy (non-hydrogen) atoms. The molecule has 0 atom stereocenters. The minimum absolute atomic E-state index is 0.143. The summed E-state index contributed by atoms with van der Waals surface area (Å²) in [5.74, 6) is 0.700. The second-order valence-electron chi connectivity index (χ2n) is 8.44. The molecule has 1 fully saturated rings. The number of methoxy groups -OCH3 is 1. The number of amides is 3. The Bertz CT molecular complexity index is 1230. The van der Waals surface area contributed by atoms with Crippen molar-refractivity contribution in [1.82, 2.24) is 20.1 Å². The van der Waals surface area contributed by atoms with E-state index in [2.05, 4.69) is 25.3 Å². The Morgan fingerprint density at radius 2 is 1.61 bits per heavy atom. The van der Waals surface area contributed by atoms with Crippen molar-refractivity contribution < 1.29 is 23.5 Å². The number of piperazine rings is 1. The molecule has 0 spiro atoms. The summed E-state index contributed by atoms with van der Waals surface area (Å²) in [7, 11) is 2.92. The quantitative estimate of drug-likeness (QED) is 0.509. The van der Waals surface area contributed by atoms with E-state index in [1.165, 1.54) is 7.11 Å². The molecule has 10 nitrogen and oxygen atoms in total. The molecular weight excluding hydrogens is 462 g/mol. The standard InChI is InChI=1S/C26H29N5O5/c1-17-22(29-24(36-17)19-6-4-18(5-7-19)23(32)27-2)16-30-12-14-31(15-13-30)26(34)28-21-10-8-20(9-11-21)25(33)35-3/h4-11H,12-16H2,1-3H3,(H,27,32)(H,28,34). The Morgan fingerprint density at radius 1 is 0.972 bits per heavy atom. The van der Waals surface area contributed by atoms with Crippen LogP contribution < -0.4 is 10.6 Å². The van der Waals surface area contributed by atoms with Gasteiger partial charge in [-0.05, 0) is 55.5 Å². The Labute approximate surface area is 209 Å². The molecule has 188 valence electrons. The molecule has 0 aliphatic carbocycles. The number of oxazole rings is 1. The summed E-state index contributed by atoms with van der Waals surface area (Å²) in [5, 5.41) is 5.47. The highest BCUT2D eigenvalue weighted by atomic mass is 16.5. The van der Waals surface area contributed by atoms with E-state index in [-0.39, 0.29) is 11.9 Å². The van der Waals surface area contributed by atoms with Crippen LogP contribution in [0.25, 0.3) is 11.5 Å². The van der Waals surface area contributed by atoms with Gasteiger partial charge in [-0.25, -0.2) is 14.6 Å². The van der Waals surface area contributed by atoms with E-state index in [1.807, 2.05) is 19.1 Å². The average Bonchev–Trinajstić information content (AvgIpc) is 3.28. The molecule has 1 saturated heterocycles. The predicted octanol–water partition coefficient (Wildman–Crippen LogP) is 3.15. The number of anilines is 1. The van der Waals surface area contributed by atoms with Crippen LogP contribution in [0, 0.1) is 6.92 Å². The zero-order valence-corrected chi connectivity index (χ0v) is 20.5. The van der Waals surface area contributed by atoms with Crippen LogP contribution in [0.2, 0.25) is 0 Å². The Kier molecular flexibility index (Phi) is 7.65. The molecule has 0 saturated carbocycles. The van der Waals surface area contributed by atoms with Gasteiger partial charge >= 0.3 is 12.0 Å². The maximum absolute atomic E-state index is 12.7. The molecule has 0 radical (unpaired) electrons. The maximum Gasteiger partial charge on any atom is 0.337 e. The number of nitrogens with zero attached hydrogens (tertiary/aromatic N) is 3. The normalized spacial score (nSPS) is 13.8. The summed E-state index contributed by atoms with van der Waals surface area (Å²) in [6.45, 7) is 5.08. The minimum Gasteiger partial charge on any atom is -0.465 e. The van der Waals surface area contributed by atoms with E-state index >= 15 is 0 Å². The first-order chi connectivity index (χ1) is 17.4. The van der Waals surface area contributed by atoms with E-state index < -0.39 is 5.97 Å². The molecule has 2 aromatic carbocycles. The number of aryl methyl sites for hydroxylation is 1. The fraction of sp³-hybridized carbons (Fsp3) is 0.308. The van der Waals surface area contributed by atoms with E-state index in [0.29, 0.717) is 55.4 Å². The SMILES string of the molecule is CNC(=O)c1ccc(-c2nc(CN3CCN(C(=O)Nc4ccc(C(=O)OC)cc4)CC3)c(C)o2)cc1. The van der Waals surface area contributed by atoms with E-state index in [4.69, 9.17) is 4.42 Å². The highest BCUT2D eigenvalue weighted by molar-refractivity contribution is 5.94. The zero-order valence-electron chi connectivity index (χ0n) is 20.5. The van der Waals surface area contributed by atoms with Crippen LogP contribution in [-0.4, -0.2) is 73.0 Å². The number of rotatable bonds is 6. The van der Waals surface area contributed by atoms with Gasteiger partial charge in [0.05, 0.1) is 18.4 Å². The fourth-order valence-electron chi connectivity index (χ4n) is 3.94. The van der Waals surface area contributed by atoms with Crippen LogP contribution in [0.5, 0.6) is 0 Å². The summed E-state index contributed by atoms with van der Waals surface area (Å²) in [5.41, 5.74) is 3.27. The lowest BCUT2D eigenvalue weighted by Gasteiger charge is -2.34. The second-order valence-corrected chi connectivity index (χ2v) is 8.44. The van der Waals surface area contributed by atoms with E-state index in [0.717, 1.165) is 17.0 Å². The van der Waals surface area contributed by atoms with Crippen molar-refractivity contribution in [3.05, 3.63) is 71.1 Å². The van der Waals surface area contributed by atoms with Gasteiger partial charge in [-0.15, -0.1) is 0 Å². The lowest BCUT2D eigenvalue weighted by atomic mass is 10.1. The van der Waals surface area contributed by atoms with Crippen molar-refractivity contribution >= 4 is 23.6 Å². The van der Waals surface area contributed by atoms with Crippen LogP contribution in [0.3, 0.4) is 0 Å². The number of nitrogens with one attached hydrogen (secondary N) is 2. The molecule has 4 rings (SSSR count). The molecule has 1 aliphatic heterocycles. The molecule has 3 amide bonds. The lowest BCUT2D eigenvalue weighted by molar-refractivity contribution is 0.0600. The average molecular weight is 492 g/mol. The Hall–Kier alpha value is -4.18. The van der Waals surface area contributed by atoms with Crippen molar-refractivity contribution in [3.8, 4) is 11.5 Å². The van der Waals surface area contributed by atoms with Gasteiger partial charge in [-0.3, -0.25) is 9.69 Å². The van der Waals surface area contributed by atoms with Gasteiger partial charge in [-0.2, -0.15) is 0 Å². The summed E-state index contributed by atoms with van der Waals surface area (Å²) in [6, 6.07) is 13.5. The van der Waals surface area contributed by atoms with Crippen LogP contribution in [0.4, 0.5) is 10.5 Å². The first-order valence-electron chi connectivity index (χ1n) is 11.6. The van der Waals surface area contributed by atoms with Gasteiger partial charge in [0, 0.05) is 56.6 Å². The Balaban J connectivity index is 1.30. The van der Waals surface area contributed by atoms with Crippen molar-refractivity contribution in [2.24, 2.45) is 0 Å². The molecule has 3 aromatic rings. The molecule has 2 N–H and O–H groups in total. The van der Waals surface area contributed by atoms with Crippen LogP contribution in [0.1, 0.15) is 32.2 Å². The second kappa shape index (κ2) is 11.0. The first kappa shape index (κ1) is 24.9. The molecule has 1 aromatic heterocycles. The highest BCUT2D eigenvalue weighted by Crippen LogP contribution is 2.23. The number of hydrogen-bond donors (Lipinski definition) is 2. The largest absolute Gasteiger partial charge is 0.465 e. The van der Waals surface area contributed by atoms with Crippen molar-refractivity contribution in [1.29, 1.82) is 0 Å². The number of esters is 1. The van der Waals surface area contributed by atoms with Gasteiger partial charge in [0.1, 0.15) is 5.76 Å². The fourth-order valence-corrected chi connectivity index (χ4v) is 3.94. The molecule has 0 bridgehead atoms. The number of hydrogen-bond acceptors (Lipinski definition) is 7. The summed E-state index contributed by atoms with van der Waals surface area (Å²) >= 11 is 0. The first-order valence-corrected chi connectivity index (χ1v) is 11.6. The van der Waals surface area contributed by atoms with E-state index in [1.54, 1.807) is 48.3 Å². The van der Waals surface area contributed by atoms with Gasteiger partial charge in [0.25, 0.3) is 5.91 Å². The third-order valence-corrected chi connectivity index (χ3v) is 6.10. The summed E-state index contributed by atoms with van der Waals surface area (Å²) in [6.07, 6.45) is 0. The van der Waals surface area contributed by atoms with Gasteiger partial charge in [0.15, 0.2) is 0 Å². The zero-order chi connectivity index (χ0) is 25.7. The smallest absolute Gasteiger partial charge is 0.337 e. The summed E-state index contributed by atoms with van der Waals surface area (Å²) < 4.78 is 10.6. The predicted molar refractivity (Wildman–Crippen MR) is 134 cm³/mol. The molecule has 10 heteroatoms. The number of carbonyl (C=O) groups is 3. The van der Waals surface area contributed by atoms with Gasteiger partial charge in [0.2, 0.25) is 5.89 Å². The molecule has 0 unspecified atom stereocenters. The number of carbonyl (C=O) groups excluding carboxylic acids is 3. The lowest BCUT2D eigenvalue weighted by Crippen LogP contribution is -2.49. The van der Waals surface area contributed by atoms with Crippen molar-refractivity contribution in [2.45, 2.75) is 13.5 Å². The van der Waals surface area contributed by atoms with E-state index in [9.17, 15) is 14.4 Å². The number of benzene rings is 2. The van der Waals surface area contributed by atoms with Crippen molar-refractivity contribution in [2.75, 3.05) is 45.7 Å². The third-order valence-electron chi connectivity index (χ3n) is 6.10. The topological polar surface area (TPSA) is 117 Å². The highest BCUT2D eigenvalue weighted by Gasteiger charge is 2.23. The molecular formula is C26H29N5O5. The molecule has 1 aliphatic rings. The molecule has 2 heterocycles. The minimum atomic E-state index is -0.419. The van der Waals surface area contributed by atoms with Crippen LogP contribution >= 0.6 is 0 Å². The van der Waals surface area contributed by atoms with Crippen LogP contribution in [-0.2, 0) is 11.3 Å². The van der Waals surface area contributed by atoms with Gasteiger partial charge < -0.3 is 24.7 Å². The monoisotopic (exact) mass is 491 g/mol. The van der Waals surface area contributed by atoms with Crippen molar-refractivity contribution in [3.63, 3.8) is 0 Å². The third kappa shape index (κ3) is 5.72. The summed E-state index contributed by atoms with van der Waals surface area (Å²) in [4.78, 5) is 44.6. The maximum atomic E-state index is 12.7. The number of urea groups is 1.